The predicted molar refractivity (Wildman–Crippen MR) is 227 cm³/mol. The number of hydrogen-bond acceptors (Lipinski definition) is 8. The van der Waals surface area contributed by atoms with Crippen molar-refractivity contribution in [3.05, 3.63) is 154 Å². The van der Waals surface area contributed by atoms with Gasteiger partial charge < -0.3 is 0 Å². The molecular formula is C46H30F2N8S2. The van der Waals surface area contributed by atoms with Crippen molar-refractivity contribution in [3.8, 4) is 45.8 Å². The highest BCUT2D eigenvalue weighted by molar-refractivity contribution is 7.08. The zero-order chi connectivity index (χ0) is 39.6. The van der Waals surface area contributed by atoms with E-state index in [0.717, 1.165) is 79.3 Å². The number of imidazole rings is 2. The second kappa shape index (κ2) is 15.8. The summed E-state index contributed by atoms with van der Waals surface area (Å²) < 4.78 is 33.4. The number of halogens is 2. The quantitative estimate of drug-likeness (QED) is 0.151. The van der Waals surface area contributed by atoms with Gasteiger partial charge in [0.15, 0.2) is 0 Å². The summed E-state index contributed by atoms with van der Waals surface area (Å²) in [5.41, 5.74) is 11.5. The third-order valence-electron chi connectivity index (χ3n) is 10.1. The second-order valence-electron chi connectivity index (χ2n) is 13.6. The van der Waals surface area contributed by atoms with Gasteiger partial charge in [-0.2, -0.15) is 33.2 Å². The van der Waals surface area contributed by atoms with Crippen LogP contribution in [0, 0.1) is 34.3 Å². The van der Waals surface area contributed by atoms with Gasteiger partial charge in [-0.15, -0.1) is 0 Å². The molecule has 0 saturated heterocycles. The number of rotatable bonds is 8. The van der Waals surface area contributed by atoms with Crippen LogP contribution in [-0.4, -0.2) is 29.1 Å². The Bertz CT molecular complexity index is 2940. The Hall–Kier alpha value is -7.12. The van der Waals surface area contributed by atoms with Crippen molar-refractivity contribution in [1.82, 2.24) is 29.1 Å². The van der Waals surface area contributed by atoms with Crippen molar-refractivity contribution in [2.24, 2.45) is 0 Å². The standard InChI is InChI=1S/2C23H15FN4S/c2*24-20-11-21-19(10-18(20)16-7-9-29-13-16)23-22(12-26-21)27-14-28(23)17-5-3-15(4-6-17)2-1-8-25/h2*3-7,9-14H,1-2H2. The minimum absolute atomic E-state index is 0.282. The monoisotopic (exact) mass is 796 g/mol. The van der Waals surface area contributed by atoms with Crippen molar-refractivity contribution in [3.63, 3.8) is 0 Å². The predicted octanol–water partition coefficient (Wildman–Crippen LogP) is 11.8. The van der Waals surface area contributed by atoms with Crippen molar-refractivity contribution < 1.29 is 8.78 Å². The van der Waals surface area contributed by atoms with Gasteiger partial charge in [-0.3, -0.25) is 19.1 Å². The van der Waals surface area contributed by atoms with E-state index in [1.807, 2.05) is 103 Å². The number of nitrogens with zero attached hydrogens (tertiary/aromatic N) is 8. The van der Waals surface area contributed by atoms with Gasteiger partial charge in [-0.1, -0.05) is 24.3 Å². The maximum atomic E-state index is 14.7. The molecular weight excluding hydrogens is 767 g/mol. The lowest BCUT2D eigenvalue weighted by Crippen LogP contribution is -1.95. The lowest BCUT2D eigenvalue weighted by atomic mass is 10.0. The summed E-state index contributed by atoms with van der Waals surface area (Å²) >= 11 is 3.08. The van der Waals surface area contributed by atoms with Gasteiger partial charge in [0, 0.05) is 58.2 Å². The largest absolute Gasteiger partial charge is 0.298 e. The number of benzene rings is 4. The molecule has 0 spiro atoms. The van der Waals surface area contributed by atoms with E-state index in [2.05, 4.69) is 32.1 Å². The summed E-state index contributed by atoms with van der Waals surface area (Å²) in [5, 5.41) is 27.0. The molecule has 0 aliphatic carbocycles. The first-order valence-electron chi connectivity index (χ1n) is 18.4. The lowest BCUT2D eigenvalue weighted by molar-refractivity contribution is 0.632. The van der Waals surface area contributed by atoms with E-state index in [1.165, 1.54) is 12.1 Å². The number of pyridine rings is 2. The fourth-order valence-corrected chi connectivity index (χ4v) is 8.46. The number of thiophene rings is 2. The van der Waals surface area contributed by atoms with E-state index in [9.17, 15) is 8.78 Å². The van der Waals surface area contributed by atoms with Crippen molar-refractivity contribution >= 4 is 66.5 Å². The fourth-order valence-electron chi connectivity index (χ4n) is 7.15. The van der Waals surface area contributed by atoms with Crippen molar-refractivity contribution in [2.45, 2.75) is 25.7 Å². The van der Waals surface area contributed by atoms with Crippen LogP contribution < -0.4 is 0 Å². The molecule has 0 saturated carbocycles. The molecule has 10 aromatic rings. The van der Waals surface area contributed by atoms with E-state index >= 15 is 0 Å². The first kappa shape index (κ1) is 36.5. The molecule has 0 fully saturated rings. The third kappa shape index (κ3) is 6.96. The number of fused-ring (bicyclic) bond motifs is 6. The first-order chi connectivity index (χ1) is 28.5. The number of hydrogen-bond donors (Lipinski definition) is 0. The summed E-state index contributed by atoms with van der Waals surface area (Å²) in [6, 6.07) is 31.1. The maximum absolute atomic E-state index is 14.7. The van der Waals surface area contributed by atoms with Gasteiger partial charge in [0.25, 0.3) is 0 Å². The Labute approximate surface area is 339 Å². The maximum Gasteiger partial charge on any atom is 0.133 e. The van der Waals surface area contributed by atoms with Crippen molar-refractivity contribution in [2.75, 3.05) is 0 Å². The fraction of sp³-hybridized carbons (Fsp3) is 0.0870. The Kier molecular flexibility index (Phi) is 9.94. The highest BCUT2D eigenvalue weighted by Gasteiger charge is 2.16. The number of nitriles is 2. The summed E-state index contributed by atoms with van der Waals surface area (Å²) in [7, 11) is 0. The number of aromatic nitrogens is 6. The Balaban J connectivity index is 0.000000150. The van der Waals surface area contributed by atoms with E-state index in [-0.39, 0.29) is 11.6 Å². The Morgan fingerprint density at radius 3 is 1.34 bits per heavy atom. The Morgan fingerprint density at radius 1 is 0.534 bits per heavy atom. The van der Waals surface area contributed by atoms with Crippen molar-refractivity contribution in [1.29, 1.82) is 10.5 Å². The van der Waals surface area contributed by atoms with Gasteiger partial charge in [-0.05, 0) is 105 Å². The molecule has 6 aromatic heterocycles. The topological polar surface area (TPSA) is 109 Å². The van der Waals surface area contributed by atoms with Gasteiger partial charge in [0.2, 0.25) is 0 Å². The second-order valence-corrected chi connectivity index (χ2v) is 15.1. The first-order valence-corrected chi connectivity index (χ1v) is 20.3. The van der Waals surface area contributed by atoms with Crippen LogP contribution >= 0.6 is 22.7 Å². The molecule has 0 radical (unpaired) electrons. The van der Waals surface area contributed by atoms with Gasteiger partial charge in [-0.25, -0.2) is 18.7 Å². The van der Waals surface area contributed by atoms with Crippen LogP contribution in [0.2, 0.25) is 0 Å². The molecule has 0 aliphatic heterocycles. The van der Waals surface area contributed by atoms with E-state index in [4.69, 9.17) is 10.5 Å². The third-order valence-corrected chi connectivity index (χ3v) is 11.4. The normalized spacial score (nSPS) is 11.2. The molecule has 0 unspecified atom stereocenters. The molecule has 8 nitrogen and oxygen atoms in total. The molecule has 4 aromatic carbocycles. The van der Waals surface area contributed by atoms with Crippen LogP contribution in [0.5, 0.6) is 0 Å². The minimum Gasteiger partial charge on any atom is -0.298 e. The van der Waals surface area contributed by atoms with Crippen LogP contribution in [0.4, 0.5) is 8.78 Å². The Morgan fingerprint density at radius 2 is 0.966 bits per heavy atom. The van der Waals surface area contributed by atoms with Gasteiger partial charge in [0.1, 0.15) is 35.3 Å². The average molecular weight is 797 g/mol. The summed E-state index contributed by atoms with van der Waals surface area (Å²) in [5.74, 6) is -0.564. The zero-order valence-corrected chi connectivity index (χ0v) is 32.3. The molecule has 0 atom stereocenters. The molecule has 0 aliphatic rings. The van der Waals surface area contributed by atoms with E-state index < -0.39 is 0 Å². The van der Waals surface area contributed by atoms with Gasteiger partial charge >= 0.3 is 0 Å². The van der Waals surface area contributed by atoms with Gasteiger partial charge in [0.05, 0.1) is 46.6 Å². The molecule has 6 heterocycles. The van der Waals surface area contributed by atoms with E-state index in [1.54, 1.807) is 47.7 Å². The molecule has 0 N–H and O–H groups in total. The highest BCUT2D eigenvalue weighted by atomic mass is 32.1. The smallest absolute Gasteiger partial charge is 0.133 e. The van der Waals surface area contributed by atoms with Crippen LogP contribution in [0.1, 0.15) is 24.0 Å². The van der Waals surface area contributed by atoms with Crippen LogP contribution in [-0.2, 0) is 12.8 Å². The average Bonchev–Trinajstić information content (AvgIpc) is 4.10. The summed E-state index contributed by atoms with van der Waals surface area (Å²) in [6.07, 6.45) is 9.36. The molecule has 12 heteroatoms. The van der Waals surface area contributed by atoms with E-state index in [0.29, 0.717) is 35.0 Å². The summed E-state index contributed by atoms with van der Waals surface area (Å²) in [6.45, 7) is 0. The minimum atomic E-state index is -0.282. The molecule has 0 amide bonds. The summed E-state index contributed by atoms with van der Waals surface area (Å²) in [4.78, 5) is 17.8. The van der Waals surface area contributed by atoms with Crippen LogP contribution in [0.3, 0.4) is 0 Å². The zero-order valence-electron chi connectivity index (χ0n) is 30.7. The molecule has 0 bridgehead atoms. The van der Waals surface area contributed by atoms with Crippen LogP contribution in [0.25, 0.3) is 77.5 Å². The number of aryl methyl sites for hydroxylation is 2. The lowest BCUT2D eigenvalue weighted by Gasteiger charge is -2.09. The molecule has 58 heavy (non-hydrogen) atoms. The highest BCUT2D eigenvalue weighted by Crippen LogP contribution is 2.35. The molecule has 280 valence electrons. The SMILES string of the molecule is N#CCCc1ccc(-n2cnc3cnc4cc(F)c(-c5ccsc5)cc4c32)cc1.N#CCCc1ccc(-n2cnc3cnc4cc(F)c(-c5ccsc5)cc4c32)cc1. The molecule has 10 rings (SSSR count). The van der Waals surface area contributed by atoms with Crippen LogP contribution in [0.15, 0.2) is 131 Å².